The molecule has 2 rings (SSSR count). The highest BCUT2D eigenvalue weighted by atomic mass is 19.1. The van der Waals surface area contributed by atoms with Crippen LogP contribution in [0.4, 0.5) is 4.39 Å². The molecule has 1 aliphatic rings. The van der Waals surface area contributed by atoms with Crippen LogP contribution >= 0.6 is 0 Å². The summed E-state index contributed by atoms with van der Waals surface area (Å²) >= 11 is 0. The van der Waals surface area contributed by atoms with E-state index in [2.05, 4.69) is 20.9 Å². The number of aliphatic imine (C=N–C) groups is 1. The lowest BCUT2D eigenvalue weighted by Gasteiger charge is -2.19. The number of guanidine groups is 1. The highest BCUT2D eigenvalue weighted by molar-refractivity contribution is 5.86. The number of carbonyl (C=O) groups is 1. The number of benzene rings is 1. The number of halogens is 1. The molecule has 7 heteroatoms. The summed E-state index contributed by atoms with van der Waals surface area (Å²) in [5.41, 5.74) is 0.961. The maximum absolute atomic E-state index is 13.4. The molecule has 0 atom stereocenters. The Balaban J connectivity index is 1.78. The molecule has 1 fully saturated rings. The second kappa shape index (κ2) is 8.63. The van der Waals surface area contributed by atoms with Gasteiger partial charge >= 0.3 is 0 Å². The van der Waals surface area contributed by atoms with E-state index in [4.69, 9.17) is 4.74 Å². The van der Waals surface area contributed by atoms with Crippen LogP contribution in [0.3, 0.4) is 0 Å². The van der Waals surface area contributed by atoms with E-state index in [1.165, 1.54) is 6.07 Å². The number of rotatable bonds is 8. The fourth-order valence-corrected chi connectivity index (χ4v) is 2.53. The average Bonchev–Trinajstić information content (AvgIpc) is 3.36. The van der Waals surface area contributed by atoms with Crippen molar-refractivity contribution >= 4 is 11.9 Å². The predicted octanol–water partition coefficient (Wildman–Crippen LogP) is 0.785. The summed E-state index contributed by atoms with van der Waals surface area (Å²) in [7, 11) is 3.24. The van der Waals surface area contributed by atoms with Crippen molar-refractivity contribution in [3.8, 4) is 0 Å². The molecule has 1 aromatic rings. The summed E-state index contributed by atoms with van der Waals surface area (Å²) in [5, 5.41) is 8.92. The molecule has 0 unspecified atom stereocenters. The average molecular weight is 336 g/mol. The van der Waals surface area contributed by atoms with Crippen LogP contribution in [0.25, 0.3) is 0 Å². The van der Waals surface area contributed by atoms with Crippen molar-refractivity contribution in [2.75, 3.05) is 40.4 Å². The topological polar surface area (TPSA) is 74.8 Å². The molecule has 1 aliphatic carbocycles. The molecule has 0 aromatic heterocycles. The van der Waals surface area contributed by atoms with Gasteiger partial charge in [0.25, 0.3) is 0 Å². The minimum Gasteiger partial charge on any atom is -0.383 e. The number of nitrogens with one attached hydrogen (secondary N) is 3. The predicted molar refractivity (Wildman–Crippen MR) is 91.6 cm³/mol. The van der Waals surface area contributed by atoms with Crippen LogP contribution in [0, 0.1) is 5.82 Å². The fourth-order valence-electron chi connectivity index (χ4n) is 2.53. The van der Waals surface area contributed by atoms with E-state index in [1.807, 2.05) is 6.07 Å². The molecule has 6 nitrogen and oxygen atoms in total. The number of nitrogens with zero attached hydrogens (tertiary/aromatic N) is 1. The maximum atomic E-state index is 13.4. The molecule has 1 aromatic carbocycles. The molecular formula is C17H25FN4O2. The first kappa shape index (κ1) is 18.2. The van der Waals surface area contributed by atoms with E-state index in [-0.39, 0.29) is 23.7 Å². The van der Waals surface area contributed by atoms with Crippen molar-refractivity contribution in [3.05, 3.63) is 35.6 Å². The third-order valence-electron chi connectivity index (χ3n) is 4.15. The van der Waals surface area contributed by atoms with Gasteiger partial charge in [-0.05, 0) is 30.5 Å². The van der Waals surface area contributed by atoms with Gasteiger partial charge in [0.2, 0.25) is 5.91 Å². The Hall–Kier alpha value is -2.15. The number of carbonyl (C=O) groups excluding carboxylic acids is 1. The summed E-state index contributed by atoms with van der Waals surface area (Å²) in [5.74, 6) is 0.217. The smallest absolute Gasteiger partial charge is 0.239 e. The SMILES string of the molecule is CN=C(NCC(=O)NCCOC)NCC1(c2cccc(F)c2)CC1. The molecule has 132 valence electrons. The maximum Gasteiger partial charge on any atom is 0.239 e. The molecule has 0 aliphatic heterocycles. The monoisotopic (exact) mass is 336 g/mol. The van der Waals surface area contributed by atoms with Gasteiger partial charge < -0.3 is 20.7 Å². The highest BCUT2D eigenvalue weighted by Crippen LogP contribution is 2.47. The number of hydrogen-bond acceptors (Lipinski definition) is 3. The molecule has 0 bridgehead atoms. The van der Waals surface area contributed by atoms with Gasteiger partial charge in [-0.2, -0.15) is 0 Å². The van der Waals surface area contributed by atoms with Crippen molar-refractivity contribution in [2.45, 2.75) is 18.3 Å². The van der Waals surface area contributed by atoms with Crippen LogP contribution < -0.4 is 16.0 Å². The van der Waals surface area contributed by atoms with Crippen molar-refractivity contribution in [1.29, 1.82) is 0 Å². The lowest BCUT2D eigenvalue weighted by molar-refractivity contribution is -0.120. The Bertz CT molecular complexity index is 588. The lowest BCUT2D eigenvalue weighted by Crippen LogP contribution is -2.45. The second-order valence-corrected chi connectivity index (χ2v) is 5.91. The van der Waals surface area contributed by atoms with E-state index in [1.54, 1.807) is 26.3 Å². The van der Waals surface area contributed by atoms with Crippen LogP contribution in [0.1, 0.15) is 18.4 Å². The van der Waals surface area contributed by atoms with E-state index in [0.717, 1.165) is 18.4 Å². The van der Waals surface area contributed by atoms with Gasteiger partial charge in [0.05, 0.1) is 13.2 Å². The normalized spacial score (nSPS) is 15.7. The Morgan fingerprint density at radius 2 is 2.12 bits per heavy atom. The first-order valence-electron chi connectivity index (χ1n) is 8.06. The number of ether oxygens (including phenoxy) is 1. The van der Waals surface area contributed by atoms with Crippen LogP contribution in [-0.2, 0) is 14.9 Å². The van der Waals surface area contributed by atoms with Crippen molar-refractivity contribution < 1.29 is 13.9 Å². The summed E-state index contributed by atoms with van der Waals surface area (Å²) in [6.07, 6.45) is 2.02. The van der Waals surface area contributed by atoms with Crippen LogP contribution in [0.2, 0.25) is 0 Å². The number of hydrogen-bond donors (Lipinski definition) is 3. The Morgan fingerprint density at radius 3 is 2.75 bits per heavy atom. The van der Waals surface area contributed by atoms with Crippen LogP contribution in [0.5, 0.6) is 0 Å². The van der Waals surface area contributed by atoms with Gasteiger partial charge in [-0.15, -0.1) is 0 Å². The van der Waals surface area contributed by atoms with Gasteiger partial charge in [0.15, 0.2) is 5.96 Å². The van der Waals surface area contributed by atoms with E-state index in [0.29, 0.717) is 25.7 Å². The zero-order valence-electron chi connectivity index (χ0n) is 14.2. The molecule has 1 saturated carbocycles. The van der Waals surface area contributed by atoms with Gasteiger partial charge in [0, 0.05) is 32.7 Å². The molecule has 0 radical (unpaired) electrons. The minimum absolute atomic E-state index is 0.0412. The third kappa shape index (κ3) is 5.19. The van der Waals surface area contributed by atoms with E-state index in [9.17, 15) is 9.18 Å². The summed E-state index contributed by atoms with van der Waals surface area (Å²) in [6, 6.07) is 6.74. The molecule has 3 N–H and O–H groups in total. The third-order valence-corrected chi connectivity index (χ3v) is 4.15. The molecule has 0 saturated heterocycles. The van der Waals surface area contributed by atoms with Crippen molar-refractivity contribution in [2.24, 2.45) is 4.99 Å². The molecule has 24 heavy (non-hydrogen) atoms. The molecule has 0 heterocycles. The quantitative estimate of drug-likeness (QED) is 0.373. The van der Waals surface area contributed by atoms with Crippen LogP contribution in [-0.4, -0.2) is 52.3 Å². The highest BCUT2D eigenvalue weighted by Gasteiger charge is 2.44. The van der Waals surface area contributed by atoms with Crippen molar-refractivity contribution in [3.63, 3.8) is 0 Å². The summed E-state index contributed by atoms with van der Waals surface area (Å²) < 4.78 is 18.3. The Labute approximate surface area is 141 Å². The van der Waals surface area contributed by atoms with E-state index >= 15 is 0 Å². The van der Waals surface area contributed by atoms with Gasteiger partial charge in [-0.3, -0.25) is 9.79 Å². The van der Waals surface area contributed by atoms with E-state index < -0.39 is 0 Å². The number of amides is 1. The number of methoxy groups -OCH3 is 1. The molecule has 1 amide bonds. The van der Waals surface area contributed by atoms with Crippen LogP contribution in [0.15, 0.2) is 29.3 Å². The Morgan fingerprint density at radius 1 is 1.33 bits per heavy atom. The zero-order chi connectivity index (χ0) is 17.4. The largest absolute Gasteiger partial charge is 0.383 e. The van der Waals surface area contributed by atoms with Gasteiger partial charge in [-0.1, -0.05) is 12.1 Å². The van der Waals surface area contributed by atoms with Crippen molar-refractivity contribution in [1.82, 2.24) is 16.0 Å². The first-order chi connectivity index (χ1) is 11.6. The van der Waals surface area contributed by atoms with Gasteiger partial charge in [0.1, 0.15) is 5.82 Å². The lowest BCUT2D eigenvalue weighted by atomic mass is 9.96. The zero-order valence-corrected chi connectivity index (χ0v) is 14.2. The molecular weight excluding hydrogens is 311 g/mol. The summed E-state index contributed by atoms with van der Waals surface area (Å²) in [4.78, 5) is 15.8. The first-order valence-corrected chi connectivity index (χ1v) is 8.06. The summed E-state index contributed by atoms with van der Waals surface area (Å²) in [6.45, 7) is 1.75. The second-order valence-electron chi connectivity index (χ2n) is 5.91. The minimum atomic E-state index is -0.214. The fraction of sp³-hybridized carbons (Fsp3) is 0.529. The molecule has 0 spiro atoms. The van der Waals surface area contributed by atoms with Gasteiger partial charge in [-0.25, -0.2) is 4.39 Å². The standard InChI is InChI=1S/C17H25FN4O2/c1-19-16(21-11-15(23)20-8-9-24-2)22-12-17(6-7-17)13-4-3-5-14(18)10-13/h3-5,10H,6-9,11-12H2,1-2H3,(H,20,23)(H2,19,21,22). The Kier molecular flexibility index (Phi) is 6.54.